The minimum absolute atomic E-state index is 0.129. The Labute approximate surface area is 342 Å². The first-order chi connectivity index (χ1) is 27.5. The highest BCUT2D eigenvalue weighted by atomic mass is 16.6. The van der Waals surface area contributed by atoms with Crippen molar-refractivity contribution in [3.8, 4) is 0 Å². The fourth-order valence-corrected chi connectivity index (χ4v) is 5.36. The van der Waals surface area contributed by atoms with E-state index in [0.29, 0.717) is 12.8 Å². The number of rotatable bonds is 37. The molecule has 0 aliphatic heterocycles. The van der Waals surface area contributed by atoms with Crippen molar-refractivity contribution in [3.05, 3.63) is 109 Å². The van der Waals surface area contributed by atoms with Crippen LogP contribution in [0, 0.1) is 0 Å². The Hall–Kier alpha value is -3.93. The van der Waals surface area contributed by atoms with Crippen LogP contribution in [-0.2, 0) is 28.6 Å². The monoisotopic (exact) mass is 775 g/mol. The number of ether oxygens (including phenoxy) is 3. The van der Waals surface area contributed by atoms with Crippen LogP contribution in [0.15, 0.2) is 109 Å². The summed E-state index contributed by atoms with van der Waals surface area (Å²) >= 11 is 0. The molecule has 0 bridgehead atoms. The van der Waals surface area contributed by atoms with Gasteiger partial charge in [-0.3, -0.25) is 14.4 Å². The average Bonchev–Trinajstić information content (AvgIpc) is 3.19. The van der Waals surface area contributed by atoms with Crippen LogP contribution in [0.4, 0.5) is 0 Å². The van der Waals surface area contributed by atoms with Gasteiger partial charge in [-0.25, -0.2) is 0 Å². The molecule has 0 N–H and O–H groups in total. The third kappa shape index (κ3) is 41.2. The Kier molecular flexibility index (Phi) is 40.7. The van der Waals surface area contributed by atoms with Gasteiger partial charge in [-0.2, -0.15) is 0 Å². The van der Waals surface area contributed by atoms with E-state index in [0.717, 1.165) is 77.0 Å². The number of carbonyl (C=O) groups excluding carboxylic acids is 3. The molecule has 0 saturated carbocycles. The molecule has 0 aliphatic rings. The number of hydrogen-bond acceptors (Lipinski definition) is 6. The molecule has 1 unspecified atom stereocenters. The smallest absolute Gasteiger partial charge is 0.306 e. The van der Waals surface area contributed by atoms with E-state index in [1.807, 2.05) is 54.7 Å². The van der Waals surface area contributed by atoms with Gasteiger partial charge in [0.25, 0.3) is 0 Å². The van der Waals surface area contributed by atoms with Crippen molar-refractivity contribution >= 4 is 17.9 Å². The molecule has 314 valence electrons. The number of allylic oxidation sites excluding steroid dienone is 18. The van der Waals surface area contributed by atoms with Crippen molar-refractivity contribution in [2.45, 2.75) is 175 Å². The third-order valence-electron chi connectivity index (χ3n) is 8.62. The van der Waals surface area contributed by atoms with Crippen LogP contribution in [0.5, 0.6) is 0 Å². The summed E-state index contributed by atoms with van der Waals surface area (Å²) in [6.07, 6.45) is 58.0. The van der Waals surface area contributed by atoms with Crippen molar-refractivity contribution in [1.82, 2.24) is 0 Å². The van der Waals surface area contributed by atoms with Crippen molar-refractivity contribution in [3.63, 3.8) is 0 Å². The van der Waals surface area contributed by atoms with Gasteiger partial charge in [0.1, 0.15) is 13.2 Å². The highest BCUT2D eigenvalue weighted by molar-refractivity contribution is 5.71. The fourth-order valence-electron chi connectivity index (χ4n) is 5.36. The standard InChI is InChI=1S/C50H78O6/c1-4-7-10-13-16-19-22-25-28-31-34-37-40-43-49(52)55-46-47(45-54-48(51)42-39-36-33-30-27-24-21-18-15-12-9-6-3)56-50(53)44-41-38-35-32-29-26-23-20-17-14-11-8-5-2/h7,9-10,12-13,16,18-19,21-22,25-31,34,47H,4-6,8,11,14-15,17,20,23-24,32-33,35-46H2,1-3H3/b10-7-,12-9-,16-13-,21-18-,22-19-,28-25-,29-26-,30-27-,34-31-. The van der Waals surface area contributed by atoms with Gasteiger partial charge in [-0.1, -0.05) is 169 Å². The second-order valence-corrected chi connectivity index (χ2v) is 14.0. The summed E-state index contributed by atoms with van der Waals surface area (Å²) in [5, 5.41) is 0. The van der Waals surface area contributed by atoms with Gasteiger partial charge in [-0.05, 0) is 89.9 Å². The molecule has 0 heterocycles. The summed E-state index contributed by atoms with van der Waals surface area (Å²) in [6.45, 7) is 6.21. The molecular weight excluding hydrogens is 697 g/mol. The van der Waals surface area contributed by atoms with Gasteiger partial charge in [0.15, 0.2) is 6.10 Å². The molecule has 0 aromatic rings. The van der Waals surface area contributed by atoms with E-state index in [9.17, 15) is 14.4 Å². The molecule has 0 spiro atoms. The van der Waals surface area contributed by atoms with Crippen LogP contribution in [0.2, 0.25) is 0 Å². The van der Waals surface area contributed by atoms with E-state index in [2.05, 4.69) is 75.5 Å². The largest absolute Gasteiger partial charge is 0.462 e. The number of esters is 3. The SMILES string of the molecule is CC\C=C/C=C\C=C/C=C\C=C/CCCC(=O)OCC(COC(=O)CCCC/C=C\C/C=C\C/C=C\CC)OC(=O)CCCCC/C=C\CCCCCCCC. The molecule has 6 heteroatoms. The first-order valence-electron chi connectivity index (χ1n) is 22.0. The lowest BCUT2D eigenvalue weighted by atomic mass is 10.1. The van der Waals surface area contributed by atoms with Crippen LogP contribution < -0.4 is 0 Å². The molecule has 0 aromatic carbocycles. The molecular formula is C50H78O6. The lowest BCUT2D eigenvalue weighted by Crippen LogP contribution is -2.30. The molecule has 0 radical (unpaired) electrons. The number of carbonyl (C=O) groups is 3. The zero-order valence-corrected chi connectivity index (χ0v) is 35.6. The van der Waals surface area contributed by atoms with Crippen molar-refractivity contribution < 1.29 is 28.6 Å². The highest BCUT2D eigenvalue weighted by Gasteiger charge is 2.19. The van der Waals surface area contributed by atoms with Crippen molar-refractivity contribution in [1.29, 1.82) is 0 Å². The summed E-state index contributed by atoms with van der Waals surface area (Å²) in [5.74, 6) is -1.07. The summed E-state index contributed by atoms with van der Waals surface area (Å²) in [7, 11) is 0. The van der Waals surface area contributed by atoms with E-state index >= 15 is 0 Å². The molecule has 0 aromatic heterocycles. The Morgan fingerprint density at radius 2 is 0.804 bits per heavy atom. The normalized spacial score (nSPS) is 13.1. The first-order valence-corrected chi connectivity index (χ1v) is 22.0. The second-order valence-electron chi connectivity index (χ2n) is 14.0. The van der Waals surface area contributed by atoms with E-state index in [1.165, 1.54) is 38.5 Å². The quantitative estimate of drug-likeness (QED) is 0.0206. The Morgan fingerprint density at radius 1 is 0.393 bits per heavy atom. The summed E-state index contributed by atoms with van der Waals surface area (Å²) in [6, 6.07) is 0. The lowest BCUT2D eigenvalue weighted by Gasteiger charge is -2.18. The summed E-state index contributed by atoms with van der Waals surface area (Å²) in [5.41, 5.74) is 0. The summed E-state index contributed by atoms with van der Waals surface area (Å²) < 4.78 is 16.6. The van der Waals surface area contributed by atoms with E-state index in [-0.39, 0.29) is 50.4 Å². The third-order valence-corrected chi connectivity index (χ3v) is 8.62. The minimum Gasteiger partial charge on any atom is -0.462 e. The van der Waals surface area contributed by atoms with Crippen LogP contribution >= 0.6 is 0 Å². The van der Waals surface area contributed by atoms with Crippen molar-refractivity contribution in [2.24, 2.45) is 0 Å². The van der Waals surface area contributed by atoms with Gasteiger partial charge in [0.05, 0.1) is 0 Å². The van der Waals surface area contributed by atoms with Crippen LogP contribution in [-0.4, -0.2) is 37.2 Å². The van der Waals surface area contributed by atoms with E-state index < -0.39 is 6.10 Å². The fraction of sp³-hybridized carbons (Fsp3) is 0.580. The number of unbranched alkanes of at least 4 members (excludes halogenated alkanes) is 12. The molecule has 0 rings (SSSR count). The van der Waals surface area contributed by atoms with E-state index in [4.69, 9.17) is 14.2 Å². The van der Waals surface area contributed by atoms with E-state index in [1.54, 1.807) is 0 Å². The molecule has 1 atom stereocenters. The van der Waals surface area contributed by atoms with Gasteiger partial charge in [0.2, 0.25) is 0 Å². The molecule has 0 saturated heterocycles. The van der Waals surface area contributed by atoms with Gasteiger partial charge >= 0.3 is 17.9 Å². The van der Waals surface area contributed by atoms with Crippen molar-refractivity contribution in [2.75, 3.05) is 13.2 Å². The second kappa shape index (κ2) is 43.8. The predicted octanol–water partition coefficient (Wildman–Crippen LogP) is 14.0. The topological polar surface area (TPSA) is 78.9 Å². The first kappa shape index (κ1) is 52.1. The lowest BCUT2D eigenvalue weighted by molar-refractivity contribution is -0.167. The molecule has 0 fully saturated rings. The maximum atomic E-state index is 12.7. The molecule has 0 amide bonds. The Morgan fingerprint density at radius 3 is 1.41 bits per heavy atom. The molecule has 56 heavy (non-hydrogen) atoms. The maximum absolute atomic E-state index is 12.7. The number of hydrogen-bond donors (Lipinski definition) is 0. The van der Waals surface area contributed by atoms with Crippen LogP contribution in [0.3, 0.4) is 0 Å². The predicted molar refractivity (Wildman–Crippen MR) is 237 cm³/mol. The zero-order chi connectivity index (χ0) is 40.8. The minimum atomic E-state index is -0.829. The van der Waals surface area contributed by atoms with Crippen LogP contribution in [0.25, 0.3) is 0 Å². The van der Waals surface area contributed by atoms with Gasteiger partial charge in [0, 0.05) is 19.3 Å². The Bertz CT molecular complexity index is 1210. The molecule has 0 aliphatic carbocycles. The van der Waals surface area contributed by atoms with Crippen LogP contribution in [0.1, 0.15) is 168 Å². The summed E-state index contributed by atoms with van der Waals surface area (Å²) in [4.78, 5) is 37.7. The zero-order valence-electron chi connectivity index (χ0n) is 35.6. The molecule has 6 nitrogen and oxygen atoms in total. The van der Waals surface area contributed by atoms with Gasteiger partial charge < -0.3 is 14.2 Å². The highest BCUT2D eigenvalue weighted by Crippen LogP contribution is 2.11. The van der Waals surface area contributed by atoms with Gasteiger partial charge in [-0.15, -0.1) is 0 Å². The Balaban J connectivity index is 4.61. The average molecular weight is 775 g/mol. The maximum Gasteiger partial charge on any atom is 0.306 e.